The number of fused-ring (bicyclic) bond motifs is 1. The van der Waals surface area contributed by atoms with Crippen molar-refractivity contribution in [2.75, 3.05) is 5.32 Å². The van der Waals surface area contributed by atoms with Gasteiger partial charge in [-0.05, 0) is 36.8 Å². The van der Waals surface area contributed by atoms with E-state index in [1.165, 1.54) is 24.0 Å². The predicted octanol–water partition coefficient (Wildman–Crippen LogP) is 2.16. The highest BCUT2D eigenvalue weighted by Crippen LogP contribution is 2.13. The Bertz CT molecular complexity index is 1390. The van der Waals surface area contributed by atoms with Crippen molar-refractivity contribution in [3.05, 3.63) is 81.9 Å². The lowest BCUT2D eigenvalue weighted by atomic mass is 10.1. The van der Waals surface area contributed by atoms with Crippen LogP contribution in [-0.2, 0) is 17.9 Å². The van der Waals surface area contributed by atoms with Crippen molar-refractivity contribution in [1.29, 1.82) is 0 Å². The highest BCUT2D eigenvalue weighted by Gasteiger charge is 2.15. The molecule has 0 fully saturated rings. The highest BCUT2D eigenvalue weighted by molar-refractivity contribution is 5.97. The van der Waals surface area contributed by atoms with E-state index in [0.717, 1.165) is 22.8 Å². The number of nitrogens with zero attached hydrogens (tertiary/aromatic N) is 5. The fourth-order valence-electron chi connectivity index (χ4n) is 3.15. The summed E-state index contributed by atoms with van der Waals surface area (Å²) in [6.45, 7) is 1.03. The first-order valence-electron chi connectivity index (χ1n) is 9.44. The minimum absolute atomic E-state index is 0.0470. The molecule has 9 nitrogen and oxygen atoms in total. The Labute approximate surface area is 179 Å². The topological polar surface area (TPSA) is 112 Å². The minimum Gasteiger partial charge on any atom is -0.325 e. The molecule has 4 rings (SSSR count). The molecule has 4 aromatic rings. The van der Waals surface area contributed by atoms with Crippen LogP contribution < -0.4 is 10.9 Å². The van der Waals surface area contributed by atoms with Crippen molar-refractivity contribution in [2.45, 2.75) is 20.0 Å². The SMILES string of the molecule is CC(=O)c1cccc(NC(=O)Cn2cnc3c(nnn3Cc3cc(F)cc(F)c3)c2=O)c1. The molecule has 0 spiro atoms. The van der Waals surface area contributed by atoms with Crippen LogP contribution in [0.1, 0.15) is 22.8 Å². The zero-order valence-corrected chi connectivity index (χ0v) is 16.7. The number of anilines is 1. The molecular weight excluding hydrogens is 422 g/mol. The molecule has 162 valence electrons. The quantitative estimate of drug-likeness (QED) is 0.462. The van der Waals surface area contributed by atoms with Crippen molar-refractivity contribution in [2.24, 2.45) is 0 Å². The van der Waals surface area contributed by atoms with Crippen LogP contribution in [0.5, 0.6) is 0 Å². The summed E-state index contributed by atoms with van der Waals surface area (Å²) in [6.07, 6.45) is 1.17. The lowest BCUT2D eigenvalue weighted by molar-refractivity contribution is -0.116. The van der Waals surface area contributed by atoms with E-state index in [9.17, 15) is 23.2 Å². The predicted molar refractivity (Wildman–Crippen MR) is 110 cm³/mol. The molecule has 11 heteroatoms. The van der Waals surface area contributed by atoms with Crippen LogP contribution in [-0.4, -0.2) is 36.2 Å². The number of hydrogen-bond acceptors (Lipinski definition) is 6. The minimum atomic E-state index is -0.736. The summed E-state index contributed by atoms with van der Waals surface area (Å²) in [5.74, 6) is -2.12. The number of hydrogen-bond donors (Lipinski definition) is 1. The molecule has 0 aliphatic carbocycles. The summed E-state index contributed by atoms with van der Waals surface area (Å²) in [5.41, 5.74) is 0.573. The summed E-state index contributed by atoms with van der Waals surface area (Å²) in [7, 11) is 0. The first kappa shape index (κ1) is 21.0. The average molecular weight is 438 g/mol. The van der Waals surface area contributed by atoms with Gasteiger partial charge < -0.3 is 5.32 Å². The molecule has 0 aliphatic heterocycles. The molecule has 1 N–H and O–H groups in total. The van der Waals surface area contributed by atoms with Gasteiger partial charge in [0.15, 0.2) is 16.9 Å². The van der Waals surface area contributed by atoms with Gasteiger partial charge in [-0.3, -0.25) is 19.0 Å². The average Bonchev–Trinajstić information content (AvgIpc) is 3.13. The van der Waals surface area contributed by atoms with Gasteiger partial charge in [0.25, 0.3) is 5.56 Å². The summed E-state index contributed by atoms with van der Waals surface area (Å²) in [6, 6.07) is 9.45. The molecule has 0 radical (unpaired) electrons. The first-order chi connectivity index (χ1) is 15.3. The number of ketones is 1. The number of aromatic nitrogens is 5. The van der Waals surface area contributed by atoms with Crippen LogP contribution in [0.15, 0.2) is 53.6 Å². The van der Waals surface area contributed by atoms with E-state index in [-0.39, 0.29) is 35.6 Å². The third-order valence-corrected chi connectivity index (χ3v) is 4.61. The number of Topliss-reactive ketones (excluding diaryl/α,β-unsaturated/α-hetero) is 1. The van der Waals surface area contributed by atoms with Crippen molar-refractivity contribution in [3.8, 4) is 0 Å². The molecule has 2 aromatic carbocycles. The maximum absolute atomic E-state index is 13.4. The lowest BCUT2D eigenvalue weighted by Gasteiger charge is -2.08. The van der Waals surface area contributed by atoms with Gasteiger partial charge in [0.2, 0.25) is 5.91 Å². The summed E-state index contributed by atoms with van der Waals surface area (Å²) >= 11 is 0. The monoisotopic (exact) mass is 438 g/mol. The van der Waals surface area contributed by atoms with E-state index in [1.54, 1.807) is 18.2 Å². The second-order valence-corrected chi connectivity index (χ2v) is 7.06. The number of carbonyl (C=O) groups excluding carboxylic acids is 2. The van der Waals surface area contributed by atoms with E-state index in [4.69, 9.17) is 0 Å². The lowest BCUT2D eigenvalue weighted by Crippen LogP contribution is -2.28. The van der Waals surface area contributed by atoms with E-state index >= 15 is 0 Å². The molecule has 0 saturated heterocycles. The Morgan fingerprint density at radius 2 is 1.84 bits per heavy atom. The Kier molecular flexibility index (Phi) is 5.54. The Balaban J connectivity index is 1.54. The third kappa shape index (κ3) is 4.41. The number of rotatable bonds is 6. The van der Waals surface area contributed by atoms with Crippen LogP contribution in [0.2, 0.25) is 0 Å². The summed E-state index contributed by atoms with van der Waals surface area (Å²) in [5, 5.41) is 10.3. The molecule has 0 saturated carbocycles. The van der Waals surface area contributed by atoms with Gasteiger partial charge in [-0.2, -0.15) is 0 Å². The number of amides is 1. The van der Waals surface area contributed by atoms with E-state index in [0.29, 0.717) is 11.3 Å². The van der Waals surface area contributed by atoms with E-state index in [2.05, 4.69) is 20.6 Å². The molecular formula is C21H16F2N6O3. The van der Waals surface area contributed by atoms with E-state index in [1.807, 2.05) is 0 Å². The van der Waals surface area contributed by atoms with Crippen LogP contribution in [0.4, 0.5) is 14.5 Å². The summed E-state index contributed by atoms with van der Waals surface area (Å²) < 4.78 is 29.1. The Morgan fingerprint density at radius 3 is 2.56 bits per heavy atom. The van der Waals surface area contributed by atoms with Gasteiger partial charge in [-0.1, -0.05) is 17.3 Å². The van der Waals surface area contributed by atoms with Gasteiger partial charge in [-0.25, -0.2) is 18.4 Å². The fourth-order valence-corrected chi connectivity index (χ4v) is 3.15. The maximum Gasteiger partial charge on any atom is 0.283 e. The maximum atomic E-state index is 13.4. The highest BCUT2D eigenvalue weighted by atomic mass is 19.1. The third-order valence-electron chi connectivity index (χ3n) is 4.61. The largest absolute Gasteiger partial charge is 0.325 e. The van der Waals surface area contributed by atoms with Crippen LogP contribution in [0, 0.1) is 11.6 Å². The van der Waals surface area contributed by atoms with Gasteiger partial charge in [-0.15, -0.1) is 5.10 Å². The van der Waals surface area contributed by atoms with Crippen LogP contribution in [0.25, 0.3) is 11.2 Å². The molecule has 32 heavy (non-hydrogen) atoms. The molecule has 1 amide bonds. The van der Waals surface area contributed by atoms with Crippen LogP contribution in [0.3, 0.4) is 0 Å². The molecule has 2 heterocycles. The number of benzene rings is 2. The van der Waals surface area contributed by atoms with Crippen molar-refractivity contribution >= 4 is 28.5 Å². The number of carbonyl (C=O) groups is 2. The van der Waals surface area contributed by atoms with Gasteiger partial charge in [0.05, 0.1) is 6.54 Å². The smallest absolute Gasteiger partial charge is 0.283 e. The Morgan fingerprint density at radius 1 is 1.09 bits per heavy atom. The normalized spacial score (nSPS) is 11.0. The standard InChI is InChI=1S/C21H16F2N6O3/c1-12(30)14-3-2-4-17(7-14)25-18(31)10-28-11-24-20-19(21(28)32)26-27-29(20)9-13-5-15(22)8-16(23)6-13/h2-8,11H,9-10H2,1H3,(H,25,31). The number of nitrogens with one attached hydrogen (secondary N) is 1. The zero-order valence-electron chi connectivity index (χ0n) is 16.7. The van der Waals surface area contributed by atoms with Crippen LogP contribution >= 0.6 is 0 Å². The molecule has 0 unspecified atom stereocenters. The van der Waals surface area contributed by atoms with Crippen molar-refractivity contribution < 1.29 is 18.4 Å². The number of halogens is 2. The second-order valence-electron chi connectivity index (χ2n) is 7.06. The van der Waals surface area contributed by atoms with Gasteiger partial charge >= 0.3 is 0 Å². The molecule has 0 atom stereocenters. The van der Waals surface area contributed by atoms with Gasteiger partial charge in [0.1, 0.15) is 24.5 Å². The molecule has 0 aliphatic rings. The summed E-state index contributed by atoms with van der Waals surface area (Å²) in [4.78, 5) is 40.7. The van der Waals surface area contributed by atoms with E-state index < -0.39 is 23.1 Å². The zero-order chi connectivity index (χ0) is 22.8. The first-order valence-corrected chi connectivity index (χ1v) is 9.44. The second kappa shape index (κ2) is 8.46. The molecule has 2 aromatic heterocycles. The van der Waals surface area contributed by atoms with Crippen molar-refractivity contribution in [1.82, 2.24) is 24.5 Å². The Hall–Kier alpha value is -4.28. The fraction of sp³-hybridized carbons (Fsp3) is 0.143. The van der Waals surface area contributed by atoms with Crippen molar-refractivity contribution in [3.63, 3.8) is 0 Å². The molecule has 0 bridgehead atoms. The van der Waals surface area contributed by atoms with Gasteiger partial charge in [0, 0.05) is 17.3 Å².